The Morgan fingerprint density at radius 2 is 2.12 bits per heavy atom. The first-order chi connectivity index (χ1) is 12.2. The number of hydrogen-bond acceptors (Lipinski definition) is 3. The van der Waals surface area contributed by atoms with Crippen molar-refractivity contribution in [3.8, 4) is 11.8 Å². The van der Waals surface area contributed by atoms with E-state index in [1.807, 2.05) is 36.4 Å². The Labute approximate surface area is 152 Å². The highest BCUT2D eigenvalue weighted by molar-refractivity contribution is 5.69. The summed E-state index contributed by atoms with van der Waals surface area (Å²) in [4.78, 5) is 11.0. The second kappa shape index (κ2) is 13.3. The third kappa shape index (κ3) is 9.74. The van der Waals surface area contributed by atoms with Gasteiger partial charge in [0.05, 0.1) is 13.2 Å². The number of aliphatic hydroxyl groups is 1. The number of hydrogen-bond donors (Lipinski definition) is 1. The van der Waals surface area contributed by atoms with Gasteiger partial charge in [0.15, 0.2) is 0 Å². The summed E-state index contributed by atoms with van der Waals surface area (Å²) < 4.78 is 4.61. The molecule has 0 aliphatic heterocycles. The van der Waals surface area contributed by atoms with Crippen molar-refractivity contribution < 1.29 is 14.6 Å². The van der Waals surface area contributed by atoms with Crippen LogP contribution in [-0.4, -0.2) is 18.2 Å². The minimum atomic E-state index is -0.550. The van der Waals surface area contributed by atoms with E-state index in [0.717, 1.165) is 36.8 Å². The number of esters is 1. The first-order valence-electron chi connectivity index (χ1n) is 9.14. The smallest absolute Gasteiger partial charge is 0.305 e. The van der Waals surface area contributed by atoms with E-state index in [0.29, 0.717) is 12.8 Å². The molecule has 3 heteroatoms. The number of aliphatic hydroxyl groups excluding tert-OH is 1. The van der Waals surface area contributed by atoms with Gasteiger partial charge in [-0.1, -0.05) is 50.1 Å². The number of ether oxygens (including phenoxy) is 1. The number of carbonyl (C=O) groups excluding carboxylic acids is 1. The van der Waals surface area contributed by atoms with E-state index < -0.39 is 6.10 Å². The second-order valence-electron chi connectivity index (χ2n) is 6.07. The van der Waals surface area contributed by atoms with E-state index in [1.165, 1.54) is 20.0 Å². The van der Waals surface area contributed by atoms with Gasteiger partial charge < -0.3 is 9.84 Å². The number of methoxy groups -OCH3 is 1. The molecule has 1 N–H and O–H groups in total. The number of benzene rings is 1. The third-order valence-corrected chi connectivity index (χ3v) is 3.91. The lowest BCUT2D eigenvalue weighted by Crippen LogP contribution is -1.98. The predicted octanol–water partition coefficient (Wildman–Crippen LogP) is 5.05. The van der Waals surface area contributed by atoms with Gasteiger partial charge in [-0.15, -0.1) is 11.8 Å². The van der Waals surface area contributed by atoms with Gasteiger partial charge in [0, 0.05) is 19.3 Å². The predicted molar refractivity (Wildman–Crippen MR) is 103 cm³/mol. The molecule has 0 bridgehead atoms. The third-order valence-electron chi connectivity index (χ3n) is 3.91. The summed E-state index contributed by atoms with van der Waals surface area (Å²) in [6.07, 6.45) is 10.5. The number of allylic oxidation sites excluding steroid dienone is 1. The maximum Gasteiger partial charge on any atom is 0.305 e. The van der Waals surface area contributed by atoms with Gasteiger partial charge >= 0.3 is 5.97 Å². The van der Waals surface area contributed by atoms with Gasteiger partial charge in [0.1, 0.15) is 0 Å². The van der Waals surface area contributed by atoms with Crippen LogP contribution in [0.15, 0.2) is 30.3 Å². The van der Waals surface area contributed by atoms with Crippen LogP contribution in [0.25, 0.3) is 6.08 Å². The van der Waals surface area contributed by atoms with Gasteiger partial charge in [-0.2, -0.15) is 0 Å². The maximum absolute atomic E-state index is 11.0. The van der Waals surface area contributed by atoms with Crippen LogP contribution in [0.1, 0.15) is 75.5 Å². The van der Waals surface area contributed by atoms with E-state index in [-0.39, 0.29) is 5.97 Å². The molecule has 0 aliphatic rings. The fraction of sp³-hybridized carbons (Fsp3) is 0.500. The van der Waals surface area contributed by atoms with Gasteiger partial charge in [0.25, 0.3) is 0 Å². The average molecular weight is 342 g/mol. The first-order valence-corrected chi connectivity index (χ1v) is 9.14. The van der Waals surface area contributed by atoms with Crippen molar-refractivity contribution in [3.05, 3.63) is 41.5 Å². The molecule has 0 saturated carbocycles. The van der Waals surface area contributed by atoms with E-state index >= 15 is 0 Å². The molecule has 0 aromatic heterocycles. The Kier molecular flexibility index (Phi) is 11.1. The molecular weight excluding hydrogens is 312 g/mol. The van der Waals surface area contributed by atoms with Crippen molar-refractivity contribution in [1.29, 1.82) is 0 Å². The standard InChI is InChI=1S/C22H30O3/c1-3-4-5-6-7-10-16-21(23)20-15-12-14-19(18-20)13-9-8-11-17-22(24)25-2/h9,12-15,18,21,23H,3-6,8,11,16-17H2,1-2H3/b13-9+. The number of rotatable bonds is 10. The van der Waals surface area contributed by atoms with Crippen molar-refractivity contribution >= 4 is 12.0 Å². The molecule has 1 rings (SSSR count). The van der Waals surface area contributed by atoms with Crippen LogP contribution >= 0.6 is 0 Å². The molecule has 0 aliphatic carbocycles. The van der Waals surface area contributed by atoms with E-state index in [2.05, 4.69) is 23.5 Å². The largest absolute Gasteiger partial charge is 0.469 e. The summed E-state index contributed by atoms with van der Waals surface area (Å²) in [5.74, 6) is 6.04. The van der Waals surface area contributed by atoms with Gasteiger partial charge in [0.2, 0.25) is 0 Å². The minimum absolute atomic E-state index is 0.172. The lowest BCUT2D eigenvalue weighted by molar-refractivity contribution is -0.140. The highest BCUT2D eigenvalue weighted by Gasteiger charge is 2.05. The lowest BCUT2D eigenvalue weighted by Gasteiger charge is -2.08. The SMILES string of the molecule is CCCCCC#CCC(O)c1cccc(/C=C/CCCC(=O)OC)c1. The Bertz CT molecular complexity index is 593. The summed E-state index contributed by atoms with van der Waals surface area (Å²) in [6.45, 7) is 2.18. The van der Waals surface area contributed by atoms with Gasteiger partial charge in [-0.05, 0) is 36.5 Å². The van der Waals surface area contributed by atoms with Crippen LogP contribution in [0.4, 0.5) is 0 Å². The van der Waals surface area contributed by atoms with Crippen LogP contribution in [0.3, 0.4) is 0 Å². The van der Waals surface area contributed by atoms with Crippen LogP contribution in [0.5, 0.6) is 0 Å². The van der Waals surface area contributed by atoms with Gasteiger partial charge in [-0.25, -0.2) is 0 Å². The lowest BCUT2D eigenvalue weighted by atomic mass is 10.0. The summed E-state index contributed by atoms with van der Waals surface area (Å²) in [7, 11) is 1.41. The molecule has 1 atom stereocenters. The minimum Gasteiger partial charge on any atom is -0.469 e. The van der Waals surface area contributed by atoms with E-state index in [4.69, 9.17) is 0 Å². The Morgan fingerprint density at radius 3 is 2.88 bits per heavy atom. The summed E-state index contributed by atoms with van der Waals surface area (Å²) in [6, 6.07) is 7.86. The molecule has 1 aromatic rings. The highest BCUT2D eigenvalue weighted by Crippen LogP contribution is 2.18. The maximum atomic E-state index is 11.0. The average Bonchev–Trinajstić information content (AvgIpc) is 2.64. The van der Waals surface area contributed by atoms with Crippen LogP contribution < -0.4 is 0 Å². The monoisotopic (exact) mass is 342 g/mol. The fourth-order valence-electron chi connectivity index (χ4n) is 2.39. The van der Waals surface area contributed by atoms with Gasteiger partial charge in [-0.3, -0.25) is 4.79 Å². The molecule has 0 amide bonds. The zero-order chi connectivity index (χ0) is 18.3. The number of carbonyl (C=O) groups is 1. The Balaban J connectivity index is 2.43. The Morgan fingerprint density at radius 1 is 1.28 bits per heavy atom. The van der Waals surface area contributed by atoms with E-state index in [9.17, 15) is 9.90 Å². The topological polar surface area (TPSA) is 46.5 Å². The normalized spacial score (nSPS) is 11.8. The van der Waals surface area contributed by atoms with Crippen LogP contribution in [0, 0.1) is 11.8 Å². The Hall–Kier alpha value is -2.05. The van der Waals surface area contributed by atoms with Crippen molar-refractivity contribution in [2.75, 3.05) is 7.11 Å². The van der Waals surface area contributed by atoms with Crippen LogP contribution in [0.2, 0.25) is 0 Å². The number of unbranched alkanes of at least 4 members (excludes halogenated alkanes) is 4. The van der Waals surface area contributed by atoms with Crippen LogP contribution in [-0.2, 0) is 9.53 Å². The molecule has 25 heavy (non-hydrogen) atoms. The zero-order valence-corrected chi connectivity index (χ0v) is 15.5. The molecule has 0 heterocycles. The molecular formula is C22H30O3. The molecule has 3 nitrogen and oxygen atoms in total. The summed E-state index contributed by atoms with van der Waals surface area (Å²) in [5.41, 5.74) is 1.94. The first kappa shape index (κ1) is 21.0. The molecule has 1 aromatic carbocycles. The summed E-state index contributed by atoms with van der Waals surface area (Å²) in [5, 5.41) is 10.3. The molecule has 0 fully saturated rings. The molecule has 0 radical (unpaired) electrons. The van der Waals surface area contributed by atoms with Crippen molar-refractivity contribution in [3.63, 3.8) is 0 Å². The summed E-state index contributed by atoms with van der Waals surface area (Å²) >= 11 is 0. The van der Waals surface area contributed by atoms with Crippen molar-refractivity contribution in [2.24, 2.45) is 0 Å². The van der Waals surface area contributed by atoms with Crippen molar-refractivity contribution in [2.45, 2.75) is 64.4 Å². The van der Waals surface area contributed by atoms with E-state index in [1.54, 1.807) is 0 Å². The highest BCUT2D eigenvalue weighted by atomic mass is 16.5. The zero-order valence-electron chi connectivity index (χ0n) is 15.5. The second-order valence-corrected chi connectivity index (χ2v) is 6.07. The quantitative estimate of drug-likeness (QED) is 0.368. The molecule has 0 spiro atoms. The molecule has 0 saturated heterocycles. The fourth-order valence-corrected chi connectivity index (χ4v) is 2.39. The molecule has 136 valence electrons. The van der Waals surface area contributed by atoms with Crippen molar-refractivity contribution in [1.82, 2.24) is 0 Å². The molecule has 1 unspecified atom stereocenters.